The molecule has 178 valence electrons. The van der Waals surface area contributed by atoms with E-state index in [0.29, 0.717) is 31.7 Å². The van der Waals surface area contributed by atoms with Crippen LogP contribution in [-0.4, -0.2) is 60.4 Å². The molecule has 11 heteroatoms. The lowest BCUT2D eigenvalue weighted by Gasteiger charge is -2.42. The molecule has 4 N–H and O–H groups in total. The molecule has 2 aliphatic heterocycles. The molecular formula is C21H28F3N3O4S. The zero-order valence-corrected chi connectivity index (χ0v) is 18.3. The lowest BCUT2D eigenvalue weighted by molar-refractivity contribution is -0.139. The van der Waals surface area contributed by atoms with Crippen molar-refractivity contribution in [3.8, 4) is 0 Å². The van der Waals surface area contributed by atoms with Crippen LogP contribution in [0.25, 0.3) is 0 Å². The van der Waals surface area contributed by atoms with Crippen molar-refractivity contribution in [3.05, 3.63) is 35.1 Å². The maximum Gasteiger partial charge on any atom is 0.243 e. The minimum Gasteiger partial charge on any atom is -0.394 e. The minimum absolute atomic E-state index is 0.0112. The van der Waals surface area contributed by atoms with Crippen LogP contribution < -0.4 is 10.5 Å². The Kier molecular flexibility index (Phi) is 6.54. The standard InChI is InChI=1S/C21H28F3N3O4S/c22-16-9-18(24)17(23)7-11(16)8-19(25)12-5-13-1-2-14(6-12)27(13)21(29)20(10-28)26-32(30,31)15-3-4-15/h7,9,12-15,19-20,26,28H,1-6,8,10,25H2/t12?,13-,14+,19-,20+/m1/s1. The maximum atomic E-state index is 14.0. The van der Waals surface area contributed by atoms with Crippen LogP contribution >= 0.6 is 0 Å². The summed E-state index contributed by atoms with van der Waals surface area (Å²) in [5, 5.41) is 9.17. The second-order valence-corrected chi connectivity index (χ2v) is 11.2. The molecule has 1 aromatic rings. The summed E-state index contributed by atoms with van der Waals surface area (Å²) in [5.41, 5.74) is 6.31. The van der Waals surface area contributed by atoms with Crippen LogP contribution in [0.4, 0.5) is 13.2 Å². The van der Waals surface area contributed by atoms with Crippen LogP contribution in [0.2, 0.25) is 0 Å². The fourth-order valence-electron chi connectivity index (χ4n) is 5.09. The number of nitrogens with one attached hydrogen (secondary N) is 1. The first-order valence-electron chi connectivity index (χ1n) is 10.9. The van der Waals surface area contributed by atoms with Crippen molar-refractivity contribution in [3.63, 3.8) is 0 Å². The number of halogens is 3. The third kappa shape index (κ3) is 4.66. The maximum absolute atomic E-state index is 14.0. The van der Waals surface area contributed by atoms with E-state index in [1.165, 1.54) is 0 Å². The average Bonchev–Trinajstić information content (AvgIpc) is 3.56. The number of carbonyl (C=O) groups excluding carboxylic acids is 1. The van der Waals surface area contributed by atoms with Crippen LogP contribution in [0.1, 0.15) is 44.1 Å². The number of sulfonamides is 1. The molecule has 1 saturated carbocycles. The minimum atomic E-state index is -3.64. The Morgan fingerprint density at radius 2 is 1.69 bits per heavy atom. The van der Waals surface area contributed by atoms with E-state index in [1.807, 2.05) is 0 Å². The molecule has 0 radical (unpaired) electrons. The Morgan fingerprint density at radius 1 is 1.09 bits per heavy atom. The van der Waals surface area contributed by atoms with Gasteiger partial charge in [-0.05, 0) is 62.5 Å². The van der Waals surface area contributed by atoms with Gasteiger partial charge in [0.1, 0.15) is 11.9 Å². The monoisotopic (exact) mass is 475 g/mol. The molecule has 3 fully saturated rings. The molecule has 1 aliphatic carbocycles. The molecule has 1 unspecified atom stereocenters. The summed E-state index contributed by atoms with van der Waals surface area (Å²) in [6.45, 7) is -0.626. The number of hydrogen-bond acceptors (Lipinski definition) is 5. The Hall–Kier alpha value is -1.69. The van der Waals surface area contributed by atoms with Crippen LogP contribution in [0.3, 0.4) is 0 Å². The first-order chi connectivity index (χ1) is 15.1. The normalized spacial score (nSPS) is 27.4. The first-order valence-corrected chi connectivity index (χ1v) is 12.5. The van der Waals surface area contributed by atoms with E-state index < -0.39 is 57.3 Å². The molecule has 2 saturated heterocycles. The smallest absolute Gasteiger partial charge is 0.243 e. The van der Waals surface area contributed by atoms with Crippen LogP contribution in [0, 0.1) is 23.4 Å². The van der Waals surface area contributed by atoms with Gasteiger partial charge < -0.3 is 15.7 Å². The molecule has 0 aromatic heterocycles. The number of carbonyl (C=O) groups is 1. The van der Waals surface area contributed by atoms with Gasteiger partial charge in [-0.25, -0.2) is 26.3 Å². The van der Waals surface area contributed by atoms with Gasteiger partial charge in [0.05, 0.1) is 11.9 Å². The predicted octanol–water partition coefficient (Wildman–Crippen LogP) is 1.19. The lowest BCUT2D eigenvalue weighted by atomic mass is 9.82. The predicted molar refractivity (Wildman–Crippen MR) is 110 cm³/mol. The number of hydrogen-bond donors (Lipinski definition) is 3. The average molecular weight is 476 g/mol. The number of nitrogens with zero attached hydrogens (tertiary/aromatic N) is 1. The Bertz CT molecular complexity index is 975. The van der Waals surface area contributed by atoms with Crippen molar-refractivity contribution >= 4 is 15.9 Å². The summed E-state index contributed by atoms with van der Waals surface area (Å²) in [4.78, 5) is 14.7. The number of fused-ring (bicyclic) bond motifs is 2. The quantitative estimate of drug-likeness (QED) is 0.489. The summed E-state index contributed by atoms with van der Waals surface area (Å²) in [6, 6.07) is -0.699. The van der Waals surface area contributed by atoms with Gasteiger partial charge in [0.2, 0.25) is 15.9 Å². The molecule has 2 heterocycles. The number of nitrogens with two attached hydrogens (primary N) is 1. The van der Waals surface area contributed by atoms with Crippen LogP contribution in [-0.2, 0) is 21.2 Å². The molecule has 3 aliphatic rings. The van der Waals surface area contributed by atoms with E-state index in [2.05, 4.69) is 4.72 Å². The van der Waals surface area contributed by atoms with Crippen molar-refractivity contribution in [2.24, 2.45) is 11.7 Å². The molecule has 1 aromatic carbocycles. The van der Waals surface area contributed by atoms with E-state index in [-0.39, 0.29) is 30.0 Å². The number of aliphatic hydroxyl groups is 1. The highest BCUT2D eigenvalue weighted by atomic mass is 32.2. The SMILES string of the molecule is N[C@H](Cc1cc(F)c(F)cc1F)C1C[C@H]2CC[C@@H](C1)N2C(=O)[C@H](CO)NS(=O)(=O)C1CC1. The molecule has 1 amide bonds. The van der Waals surface area contributed by atoms with Gasteiger partial charge in [0.15, 0.2) is 11.6 Å². The van der Waals surface area contributed by atoms with Crippen molar-refractivity contribution in [2.45, 2.75) is 74.4 Å². The van der Waals surface area contributed by atoms with Gasteiger partial charge in [-0.3, -0.25) is 4.79 Å². The largest absolute Gasteiger partial charge is 0.394 e. The molecule has 5 atom stereocenters. The van der Waals surface area contributed by atoms with Gasteiger partial charge in [-0.1, -0.05) is 0 Å². The number of aliphatic hydroxyl groups excluding tert-OH is 1. The third-order valence-corrected chi connectivity index (χ3v) is 8.89. The lowest BCUT2D eigenvalue weighted by Crippen LogP contribution is -2.57. The van der Waals surface area contributed by atoms with Crippen LogP contribution in [0.15, 0.2) is 12.1 Å². The van der Waals surface area contributed by atoms with E-state index in [1.54, 1.807) is 4.90 Å². The molecule has 7 nitrogen and oxygen atoms in total. The van der Waals surface area contributed by atoms with Gasteiger partial charge in [-0.15, -0.1) is 0 Å². The zero-order valence-electron chi connectivity index (χ0n) is 17.5. The summed E-state index contributed by atoms with van der Waals surface area (Å²) in [5.74, 6) is -3.72. The molecule has 4 rings (SSSR count). The molecule has 32 heavy (non-hydrogen) atoms. The van der Waals surface area contributed by atoms with E-state index in [4.69, 9.17) is 5.73 Å². The van der Waals surface area contributed by atoms with Gasteiger partial charge in [0.25, 0.3) is 0 Å². The van der Waals surface area contributed by atoms with Crippen molar-refractivity contribution in [2.75, 3.05) is 6.61 Å². The molecular weight excluding hydrogens is 447 g/mol. The summed E-state index contributed by atoms with van der Waals surface area (Å²) in [7, 11) is -3.64. The zero-order chi connectivity index (χ0) is 23.2. The second kappa shape index (κ2) is 8.92. The fraction of sp³-hybridized carbons (Fsp3) is 0.667. The highest BCUT2D eigenvalue weighted by Gasteiger charge is 2.47. The van der Waals surface area contributed by atoms with Gasteiger partial charge in [0, 0.05) is 24.2 Å². The van der Waals surface area contributed by atoms with Crippen molar-refractivity contribution in [1.29, 1.82) is 0 Å². The second-order valence-electron chi connectivity index (χ2n) is 9.19. The van der Waals surface area contributed by atoms with Crippen molar-refractivity contribution in [1.82, 2.24) is 9.62 Å². The molecule has 0 spiro atoms. The first kappa shape index (κ1) is 23.5. The van der Waals surface area contributed by atoms with E-state index in [0.717, 1.165) is 18.9 Å². The molecule has 2 bridgehead atoms. The number of rotatable bonds is 8. The Labute approximate surface area is 185 Å². The van der Waals surface area contributed by atoms with Gasteiger partial charge >= 0.3 is 0 Å². The number of benzene rings is 1. The third-order valence-electron chi connectivity index (χ3n) is 6.92. The Balaban J connectivity index is 1.41. The summed E-state index contributed by atoms with van der Waals surface area (Å²) < 4.78 is 67.5. The van der Waals surface area contributed by atoms with E-state index >= 15 is 0 Å². The topological polar surface area (TPSA) is 113 Å². The summed E-state index contributed by atoms with van der Waals surface area (Å²) >= 11 is 0. The fourth-order valence-corrected chi connectivity index (χ4v) is 6.61. The summed E-state index contributed by atoms with van der Waals surface area (Å²) in [6.07, 6.45) is 3.69. The highest BCUT2D eigenvalue weighted by Crippen LogP contribution is 2.40. The van der Waals surface area contributed by atoms with Crippen molar-refractivity contribution < 1.29 is 31.5 Å². The number of piperidine rings is 1. The van der Waals surface area contributed by atoms with Crippen LogP contribution in [0.5, 0.6) is 0 Å². The highest BCUT2D eigenvalue weighted by molar-refractivity contribution is 7.90. The van der Waals surface area contributed by atoms with E-state index in [9.17, 15) is 31.5 Å². The van der Waals surface area contributed by atoms with Gasteiger partial charge in [-0.2, -0.15) is 0 Å². The Morgan fingerprint density at radius 3 is 2.25 bits per heavy atom. The number of amides is 1.